The number of benzene rings is 1. The van der Waals surface area contributed by atoms with E-state index < -0.39 is 5.97 Å². The van der Waals surface area contributed by atoms with Crippen molar-refractivity contribution >= 4 is 35.5 Å². The number of carboxylic acid groups (broad SMARTS) is 1. The van der Waals surface area contributed by atoms with Gasteiger partial charge in [0.1, 0.15) is 0 Å². The Balaban J connectivity index is 1.86. The fourth-order valence-electron chi connectivity index (χ4n) is 2.66. The molecule has 0 unspecified atom stereocenters. The fraction of sp³-hybridized carbons (Fsp3) is 0.389. The molecule has 0 spiro atoms. The third-order valence-corrected chi connectivity index (χ3v) is 4.11. The van der Waals surface area contributed by atoms with E-state index in [9.17, 15) is 14.4 Å². The Labute approximate surface area is 145 Å². The van der Waals surface area contributed by atoms with Crippen molar-refractivity contribution in [3.05, 3.63) is 40.4 Å². The fourth-order valence-corrected chi connectivity index (χ4v) is 2.86. The zero-order valence-corrected chi connectivity index (χ0v) is 14.1. The van der Waals surface area contributed by atoms with E-state index in [1.165, 1.54) is 4.90 Å². The highest BCUT2D eigenvalue weighted by Crippen LogP contribution is 2.23. The highest BCUT2D eigenvalue weighted by molar-refractivity contribution is 6.30. The molecule has 24 heavy (non-hydrogen) atoms. The molecule has 1 aromatic carbocycles. The number of carbonyl (C=O) groups is 3. The number of rotatable bonds is 8. The van der Waals surface area contributed by atoms with Crippen LogP contribution in [0.2, 0.25) is 5.02 Å². The maximum Gasteiger partial charge on any atom is 0.303 e. The first-order valence-corrected chi connectivity index (χ1v) is 8.38. The molecule has 0 aromatic heterocycles. The second-order valence-corrected chi connectivity index (χ2v) is 6.25. The van der Waals surface area contributed by atoms with Crippen LogP contribution in [0.1, 0.15) is 44.1 Å². The van der Waals surface area contributed by atoms with Gasteiger partial charge in [0.2, 0.25) is 5.91 Å². The number of halogens is 1. The van der Waals surface area contributed by atoms with Gasteiger partial charge in [0.25, 0.3) is 5.91 Å². The van der Waals surface area contributed by atoms with E-state index in [4.69, 9.17) is 16.7 Å². The molecule has 1 saturated heterocycles. The van der Waals surface area contributed by atoms with Gasteiger partial charge in [-0.25, -0.2) is 0 Å². The quantitative estimate of drug-likeness (QED) is 0.442. The number of nitrogens with zero attached hydrogens (tertiary/aromatic N) is 1. The highest BCUT2D eigenvalue weighted by atomic mass is 35.5. The van der Waals surface area contributed by atoms with Crippen molar-refractivity contribution < 1.29 is 19.5 Å². The van der Waals surface area contributed by atoms with Crippen LogP contribution in [0.5, 0.6) is 0 Å². The zero-order chi connectivity index (χ0) is 17.5. The topological polar surface area (TPSA) is 74.7 Å². The number of imide groups is 1. The number of hydrogen-bond acceptors (Lipinski definition) is 3. The first kappa shape index (κ1) is 18.2. The normalized spacial score (nSPS) is 16.2. The highest BCUT2D eigenvalue weighted by Gasteiger charge is 2.32. The number of amides is 2. The van der Waals surface area contributed by atoms with Gasteiger partial charge in [0, 0.05) is 23.6 Å². The van der Waals surface area contributed by atoms with E-state index in [2.05, 4.69) is 0 Å². The maximum absolute atomic E-state index is 12.3. The molecule has 1 fully saturated rings. The van der Waals surface area contributed by atoms with Crippen LogP contribution in [0.25, 0.3) is 6.08 Å². The summed E-state index contributed by atoms with van der Waals surface area (Å²) in [5.74, 6) is -1.22. The Morgan fingerprint density at radius 2 is 1.96 bits per heavy atom. The third kappa shape index (κ3) is 5.20. The van der Waals surface area contributed by atoms with Crippen LogP contribution >= 0.6 is 11.6 Å². The van der Waals surface area contributed by atoms with E-state index >= 15 is 0 Å². The maximum atomic E-state index is 12.3. The lowest BCUT2D eigenvalue weighted by atomic mass is 10.1. The Morgan fingerprint density at radius 1 is 1.21 bits per heavy atom. The van der Waals surface area contributed by atoms with Gasteiger partial charge >= 0.3 is 5.97 Å². The number of carboxylic acids is 1. The van der Waals surface area contributed by atoms with Crippen LogP contribution in [-0.2, 0) is 14.4 Å². The van der Waals surface area contributed by atoms with E-state index in [0.717, 1.165) is 18.4 Å². The molecule has 1 aliphatic rings. The molecule has 0 atom stereocenters. The minimum Gasteiger partial charge on any atom is -0.481 e. The summed E-state index contributed by atoms with van der Waals surface area (Å²) in [5.41, 5.74) is 1.28. The van der Waals surface area contributed by atoms with Crippen LogP contribution in [0, 0.1) is 0 Å². The van der Waals surface area contributed by atoms with Crippen LogP contribution in [0.3, 0.4) is 0 Å². The predicted molar refractivity (Wildman–Crippen MR) is 91.5 cm³/mol. The van der Waals surface area contributed by atoms with E-state index in [0.29, 0.717) is 30.0 Å². The standard InChI is InChI=1S/C18H20ClNO4/c19-15-7-5-6-13(11-15)10-14-12-16(21)20(18(14)24)9-4-2-1-3-8-17(22)23/h5-7,10-11H,1-4,8-9,12H2,(H,22,23)/b14-10+. The number of aliphatic carboxylic acids is 1. The molecule has 1 aliphatic heterocycles. The smallest absolute Gasteiger partial charge is 0.303 e. The van der Waals surface area contributed by atoms with E-state index in [1.807, 2.05) is 6.07 Å². The second kappa shape index (κ2) is 8.64. The number of carbonyl (C=O) groups excluding carboxylic acids is 2. The molecular weight excluding hydrogens is 330 g/mol. The average molecular weight is 350 g/mol. The molecule has 5 nitrogen and oxygen atoms in total. The minimum atomic E-state index is -0.796. The van der Waals surface area contributed by atoms with Crippen molar-refractivity contribution in [3.63, 3.8) is 0 Å². The zero-order valence-electron chi connectivity index (χ0n) is 13.3. The second-order valence-electron chi connectivity index (χ2n) is 5.81. The van der Waals surface area contributed by atoms with Crippen molar-refractivity contribution in [2.24, 2.45) is 0 Å². The molecule has 1 heterocycles. The summed E-state index contributed by atoms with van der Waals surface area (Å²) in [6.07, 6.45) is 4.89. The first-order valence-electron chi connectivity index (χ1n) is 8.00. The van der Waals surface area contributed by atoms with Crippen molar-refractivity contribution in [2.75, 3.05) is 6.54 Å². The van der Waals surface area contributed by atoms with Crippen molar-refractivity contribution in [1.29, 1.82) is 0 Å². The Kier molecular flexibility index (Phi) is 6.55. The van der Waals surface area contributed by atoms with Crippen LogP contribution < -0.4 is 0 Å². The predicted octanol–water partition coefficient (Wildman–Crippen LogP) is 3.52. The SMILES string of the molecule is O=C(O)CCCCCCN1C(=O)C/C(=C\c2cccc(Cl)c2)C1=O. The monoisotopic (exact) mass is 349 g/mol. The lowest BCUT2D eigenvalue weighted by Gasteiger charge is -2.12. The number of likely N-dealkylation sites (tertiary alicyclic amines) is 1. The van der Waals surface area contributed by atoms with Gasteiger partial charge in [0.05, 0.1) is 6.42 Å². The molecule has 0 bridgehead atoms. The van der Waals surface area contributed by atoms with Crippen molar-refractivity contribution in [1.82, 2.24) is 4.90 Å². The molecule has 1 N–H and O–H groups in total. The third-order valence-electron chi connectivity index (χ3n) is 3.87. The molecule has 6 heteroatoms. The van der Waals surface area contributed by atoms with Gasteiger partial charge in [-0.3, -0.25) is 19.3 Å². The van der Waals surface area contributed by atoms with Gasteiger partial charge in [-0.05, 0) is 36.6 Å². The Hall–Kier alpha value is -2.14. The van der Waals surface area contributed by atoms with Crippen LogP contribution in [-0.4, -0.2) is 34.3 Å². The summed E-state index contributed by atoms with van der Waals surface area (Å²) in [6.45, 7) is 0.387. The lowest BCUT2D eigenvalue weighted by Crippen LogP contribution is -2.30. The summed E-state index contributed by atoms with van der Waals surface area (Å²) < 4.78 is 0. The van der Waals surface area contributed by atoms with E-state index in [-0.39, 0.29) is 24.7 Å². The number of hydrogen-bond donors (Lipinski definition) is 1. The lowest BCUT2D eigenvalue weighted by molar-refractivity contribution is -0.138. The molecule has 2 amide bonds. The van der Waals surface area contributed by atoms with Crippen molar-refractivity contribution in [2.45, 2.75) is 38.5 Å². The largest absolute Gasteiger partial charge is 0.481 e. The van der Waals surface area contributed by atoms with Crippen LogP contribution in [0.15, 0.2) is 29.8 Å². The van der Waals surface area contributed by atoms with Gasteiger partial charge in [-0.2, -0.15) is 0 Å². The molecule has 128 valence electrons. The summed E-state index contributed by atoms with van der Waals surface area (Å²) in [6, 6.07) is 7.13. The van der Waals surface area contributed by atoms with Crippen molar-refractivity contribution in [3.8, 4) is 0 Å². The van der Waals surface area contributed by atoms with Gasteiger partial charge in [-0.1, -0.05) is 36.6 Å². The summed E-state index contributed by atoms with van der Waals surface area (Å²) in [4.78, 5) is 36.1. The number of unbranched alkanes of at least 4 members (excludes halogenated alkanes) is 3. The minimum absolute atomic E-state index is 0.115. The molecule has 0 aliphatic carbocycles. The molecular formula is C18H20ClNO4. The Bertz CT molecular complexity index is 669. The molecule has 0 saturated carbocycles. The van der Waals surface area contributed by atoms with Gasteiger partial charge in [-0.15, -0.1) is 0 Å². The molecule has 2 rings (SSSR count). The average Bonchev–Trinajstić information content (AvgIpc) is 2.77. The van der Waals surface area contributed by atoms with Gasteiger partial charge in [0.15, 0.2) is 0 Å². The first-order chi connectivity index (χ1) is 11.5. The summed E-state index contributed by atoms with van der Waals surface area (Å²) in [5, 5.41) is 9.15. The Morgan fingerprint density at radius 3 is 2.67 bits per heavy atom. The van der Waals surface area contributed by atoms with E-state index in [1.54, 1.807) is 24.3 Å². The van der Waals surface area contributed by atoms with Gasteiger partial charge < -0.3 is 5.11 Å². The summed E-state index contributed by atoms with van der Waals surface area (Å²) in [7, 11) is 0. The molecule has 1 aromatic rings. The molecule has 0 radical (unpaired) electrons. The summed E-state index contributed by atoms with van der Waals surface area (Å²) >= 11 is 5.93. The van der Waals surface area contributed by atoms with Crippen LogP contribution in [0.4, 0.5) is 0 Å².